The van der Waals surface area contributed by atoms with Gasteiger partial charge in [0, 0.05) is 23.0 Å². The first kappa shape index (κ1) is 16.5. The normalized spacial score (nSPS) is 13.6. The quantitative estimate of drug-likeness (QED) is 0.857. The van der Waals surface area contributed by atoms with Gasteiger partial charge >= 0.3 is 0 Å². The average molecular weight is 326 g/mol. The second-order valence-corrected chi connectivity index (χ2v) is 5.52. The van der Waals surface area contributed by atoms with Gasteiger partial charge in [-0.1, -0.05) is 17.7 Å². The minimum atomic E-state index is -0.803. The third kappa shape index (κ3) is 4.32. The van der Waals surface area contributed by atoms with Crippen molar-refractivity contribution in [1.82, 2.24) is 5.32 Å². The Kier molecular flexibility index (Phi) is 5.57. The molecule has 0 saturated heterocycles. The van der Waals surface area contributed by atoms with Crippen LogP contribution >= 0.6 is 11.6 Å². The van der Waals surface area contributed by atoms with Crippen LogP contribution in [0.25, 0.3) is 0 Å². The summed E-state index contributed by atoms with van der Waals surface area (Å²) in [6.07, 6.45) is 0.821. The van der Waals surface area contributed by atoms with E-state index in [0.29, 0.717) is 12.2 Å². The van der Waals surface area contributed by atoms with Crippen molar-refractivity contribution >= 4 is 17.5 Å². The van der Waals surface area contributed by atoms with Crippen molar-refractivity contribution in [2.45, 2.75) is 31.9 Å². The van der Waals surface area contributed by atoms with Crippen molar-refractivity contribution in [2.24, 2.45) is 0 Å². The molecule has 2 unspecified atom stereocenters. The lowest BCUT2D eigenvalue weighted by atomic mass is 10.1. The molecular weight excluding hydrogens is 309 g/mol. The van der Waals surface area contributed by atoms with Gasteiger partial charge in [-0.3, -0.25) is 4.79 Å². The molecule has 0 saturated carbocycles. The summed E-state index contributed by atoms with van der Waals surface area (Å²) in [5, 5.41) is 12.9. The molecule has 1 aromatic heterocycles. The van der Waals surface area contributed by atoms with E-state index in [1.54, 1.807) is 19.1 Å². The minimum Gasteiger partial charge on any atom is -0.467 e. The number of benzene rings is 1. The number of hydrogen-bond donors (Lipinski definition) is 2. The molecule has 6 heteroatoms. The molecule has 0 fully saturated rings. The first-order valence-corrected chi connectivity index (χ1v) is 7.29. The molecule has 1 amide bonds. The summed E-state index contributed by atoms with van der Waals surface area (Å²) in [6.45, 7) is 1.76. The molecular formula is C16H17ClFNO3. The Morgan fingerprint density at radius 2 is 2.18 bits per heavy atom. The fourth-order valence-corrected chi connectivity index (χ4v) is 2.41. The highest BCUT2D eigenvalue weighted by Gasteiger charge is 2.18. The third-order valence-corrected chi connectivity index (χ3v) is 3.61. The van der Waals surface area contributed by atoms with Crippen LogP contribution in [-0.4, -0.2) is 17.1 Å². The molecule has 1 aromatic carbocycles. The Morgan fingerprint density at radius 1 is 1.41 bits per heavy atom. The smallest absolute Gasteiger partial charge is 0.224 e. The number of hydrogen-bond acceptors (Lipinski definition) is 3. The maximum Gasteiger partial charge on any atom is 0.224 e. The fourth-order valence-electron chi connectivity index (χ4n) is 2.18. The highest BCUT2D eigenvalue weighted by molar-refractivity contribution is 6.31. The van der Waals surface area contributed by atoms with Gasteiger partial charge in [0.05, 0.1) is 12.7 Å². The Labute approximate surface area is 132 Å². The number of halogens is 2. The van der Waals surface area contributed by atoms with Gasteiger partial charge in [-0.05, 0) is 31.2 Å². The van der Waals surface area contributed by atoms with Crippen LogP contribution in [0.4, 0.5) is 4.39 Å². The van der Waals surface area contributed by atoms with Crippen LogP contribution in [0.3, 0.4) is 0 Å². The molecule has 0 aliphatic rings. The van der Waals surface area contributed by atoms with Crippen molar-refractivity contribution in [1.29, 1.82) is 0 Å². The molecule has 0 spiro atoms. The van der Waals surface area contributed by atoms with E-state index in [4.69, 9.17) is 16.0 Å². The average Bonchev–Trinajstić information content (AvgIpc) is 2.97. The van der Waals surface area contributed by atoms with Gasteiger partial charge < -0.3 is 14.8 Å². The third-order valence-electron chi connectivity index (χ3n) is 3.25. The molecule has 2 N–H and O–H groups in total. The monoisotopic (exact) mass is 325 g/mol. The number of aliphatic hydroxyl groups is 1. The first-order chi connectivity index (χ1) is 10.5. The standard InChI is InChI=1S/C16H17ClFNO3/c1-10(8-14(20)15-6-3-7-22-15)19-16(21)9-11-12(17)4-2-5-13(11)18/h2-7,10,14,20H,8-9H2,1H3,(H,19,21). The lowest BCUT2D eigenvalue weighted by molar-refractivity contribution is -0.121. The Hall–Kier alpha value is -1.85. The molecule has 0 radical (unpaired) electrons. The van der Waals surface area contributed by atoms with Crippen molar-refractivity contribution in [3.05, 3.63) is 58.8 Å². The Bertz CT molecular complexity index is 610. The van der Waals surface area contributed by atoms with Crippen molar-refractivity contribution in [3.8, 4) is 0 Å². The maximum atomic E-state index is 13.6. The summed E-state index contributed by atoms with van der Waals surface area (Å²) in [5.74, 6) is -0.421. The van der Waals surface area contributed by atoms with Gasteiger partial charge in [-0.25, -0.2) is 4.39 Å². The lowest BCUT2D eigenvalue weighted by Gasteiger charge is -2.17. The minimum absolute atomic E-state index is 0.146. The summed E-state index contributed by atoms with van der Waals surface area (Å²) in [5.41, 5.74) is 0.167. The molecule has 2 rings (SSSR count). The van der Waals surface area contributed by atoms with Crippen LogP contribution in [0.5, 0.6) is 0 Å². The van der Waals surface area contributed by atoms with Gasteiger partial charge in [-0.2, -0.15) is 0 Å². The van der Waals surface area contributed by atoms with Crippen molar-refractivity contribution in [3.63, 3.8) is 0 Å². The second-order valence-electron chi connectivity index (χ2n) is 5.11. The van der Waals surface area contributed by atoms with Gasteiger partial charge in [0.2, 0.25) is 5.91 Å². The molecule has 118 valence electrons. The van der Waals surface area contributed by atoms with Crippen LogP contribution < -0.4 is 5.32 Å². The predicted molar refractivity (Wildman–Crippen MR) is 81.0 cm³/mol. The molecule has 4 nitrogen and oxygen atoms in total. The number of carbonyl (C=O) groups is 1. The highest BCUT2D eigenvalue weighted by atomic mass is 35.5. The zero-order valence-corrected chi connectivity index (χ0v) is 12.8. The first-order valence-electron chi connectivity index (χ1n) is 6.91. The molecule has 2 aromatic rings. The second kappa shape index (κ2) is 7.42. The number of nitrogens with one attached hydrogen (secondary N) is 1. The van der Waals surface area contributed by atoms with E-state index in [0.717, 1.165) is 0 Å². The Morgan fingerprint density at radius 3 is 2.82 bits per heavy atom. The van der Waals surface area contributed by atoms with Gasteiger partial charge in [0.25, 0.3) is 0 Å². The number of amides is 1. The number of carbonyl (C=O) groups excluding carboxylic acids is 1. The molecule has 2 atom stereocenters. The van der Waals surface area contributed by atoms with Crippen LogP contribution in [0.15, 0.2) is 41.0 Å². The van der Waals surface area contributed by atoms with Crippen LogP contribution in [0.2, 0.25) is 5.02 Å². The zero-order valence-electron chi connectivity index (χ0n) is 12.1. The number of aliphatic hydroxyl groups excluding tert-OH is 1. The molecule has 1 heterocycles. The van der Waals surface area contributed by atoms with Crippen LogP contribution in [-0.2, 0) is 11.2 Å². The van der Waals surface area contributed by atoms with E-state index in [2.05, 4.69) is 5.32 Å². The molecule has 0 aliphatic carbocycles. The van der Waals surface area contributed by atoms with E-state index in [1.165, 1.54) is 24.5 Å². The fraction of sp³-hybridized carbons (Fsp3) is 0.312. The SMILES string of the molecule is CC(CC(O)c1ccco1)NC(=O)Cc1c(F)cccc1Cl. The topological polar surface area (TPSA) is 62.5 Å². The van der Waals surface area contributed by atoms with Gasteiger partial charge in [0.1, 0.15) is 17.7 Å². The zero-order chi connectivity index (χ0) is 16.1. The van der Waals surface area contributed by atoms with Crippen LogP contribution in [0, 0.1) is 5.82 Å². The summed E-state index contributed by atoms with van der Waals surface area (Å²) in [7, 11) is 0. The van der Waals surface area contributed by atoms with E-state index in [1.807, 2.05) is 0 Å². The van der Waals surface area contributed by atoms with Crippen molar-refractivity contribution in [2.75, 3.05) is 0 Å². The molecule has 0 aliphatic heterocycles. The molecule has 0 bridgehead atoms. The molecule has 22 heavy (non-hydrogen) atoms. The Balaban J connectivity index is 1.89. The largest absolute Gasteiger partial charge is 0.467 e. The number of furan rings is 1. The maximum absolute atomic E-state index is 13.6. The summed E-state index contributed by atoms with van der Waals surface area (Å²) in [4.78, 5) is 12.0. The van der Waals surface area contributed by atoms with Gasteiger partial charge in [-0.15, -0.1) is 0 Å². The number of rotatable bonds is 6. The lowest BCUT2D eigenvalue weighted by Crippen LogP contribution is -2.35. The van der Waals surface area contributed by atoms with Crippen molar-refractivity contribution < 1.29 is 18.7 Å². The predicted octanol–water partition coefficient (Wildman–Crippen LogP) is 3.24. The van der Waals surface area contributed by atoms with E-state index in [-0.39, 0.29) is 29.0 Å². The summed E-state index contributed by atoms with van der Waals surface area (Å²) in [6, 6.07) is 7.34. The highest BCUT2D eigenvalue weighted by Crippen LogP contribution is 2.20. The summed E-state index contributed by atoms with van der Waals surface area (Å²) < 4.78 is 18.7. The van der Waals surface area contributed by atoms with Gasteiger partial charge in [0.15, 0.2) is 0 Å². The summed E-state index contributed by atoms with van der Waals surface area (Å²) >= 11 is 5.89. The van der Waals surface area contributed by atoms with E-state index < -0.39 is 11.9 Å². The van der Waals surface area contributed by atoms with E-state index >= 15 is 0 Å². The van der Waals surface area contributed by atoms with Crippen LogP contribution in [0.1, 0.15) is 30.8 Å². The van der Waals surface area contributed by atoms with E-state index in [9.17, 15) is 14.3 Å².